The van der Waals surface area contributed by atoms with Crippen LogP contribution in [-0.2, 0) is 19.6 Å². The third-order valence-corrected chi connectivity index (χ3v) is 7.39. The largest absolute Gasteiger partial charge is 0.335 e. The fourth-order valence-electron chi connectivity index (χ4n) is 4.22. The average Bonchev–Trinajstić information content (AvgIpc) is 3.44. The van der Waals surface area contributed by atoms with Gasteiger partial charge in [-0.15, -0.1) is 11.3 Å². The summed E-state index contributed by atoms with van der Waals surface area (Å²) in [6.45, 7) is 2.05. The molecule has 0 aliphatic heterocycles. The van der Waals surface area contributed by atoms with E-state index in [4.69, 9.17) is 22.3 Å². The van der Waals surface area contributed by atoms with Gasteiger partial charge in [0.05, 0.1) is 35.6 Å². The van der Waals surface area contributed by atoms with Crippen molar-refractivity contribution in [2.45, 2.75) is 12.5 Å². The predicted molar refractivity (Wildman–Crippen MR) is 134 cm³/mol. The van der Waals surface area contributed by atoms with Crippen molar-refractivity contribution in [1.29, 1.82) is 0 Å². The summed E-state index contributed by atoms with van der Waals surface area (Å²) < 4.78 is 3.51. The van der Waals surface area contributed by atoms with Crippen molar-refractivity contribution in [2.24, 2.45) is 19.8 Å². The lowest BCUT2D eigenvalue weighted by Crippen LogP contribution is -2.41. The van der Waals surface area contributed by atoms with Gasteiger partial charge in [0.1, 0.15) is 5.54 Å². The molecule has 0 amide bonds. The lowest BCUT2D eigenvalue weighted by molar-refractivity contribution is 0.579. The quantitative estimate of drug-likeness (QED) is 0.411. The molecule has 5 rings (SSSR count). The molecule has 4 aromatic heterocycles. The minimum Gasteiger partial charge on any atom is -0.335 e. The molecule has 2 N–H and O–H groups in total. The van der Waals surface area contributed by atoms with Crippen LogP contribution in [0.1, 0.15) is 22.5 Å². The second-order valence-corrected chi connectivity index (χ2v) is 9.58. The van der Waals surface area contributed by atoms with Crippen molar-refractivity contribution in [3.05, 3.63) is 104 Å². The molecule has 166 valence electrons. The second-order valence-electron chi connectivity index (χ2n) is 8.23. The lowest BCUT2D eigenvalue weighted by atomic mass is 9.83. The van der Waals surface area contributed by atoms with Crippen molar-refractivity contribution in [2.75, 3.05) is 0 Å². The van der Waals surface area contributed by atoms with E-state index in [1.807, 2.05) is 48.9 Å². The van der Waals surface area contributed by atoms with Gasteiger partial charge in [-0.2, -0.15) is 0 Å². The van der Waals surface area contributed by atoms with Crippen LogP contribution in [0, 0.1) is 6.92 Å². The van der Waals surface area contributed by atoms with Gasteiger partial charge in [-0.3, -0.25) is 9.78 Å². The monoisotopic (exact) mass is 475 g/mol. The molecular weight excluding hydrogens is 454 g/mol. The van der Waals surface area contributed by atoms with E-state index in [9.17, 15) is 4.79 Å². The summed E-state index contributed by atoms with van der Waals surface area (Å²) in [5.74, 6) is 0. The van der Waals surface area contributed by atoms with Gasteiger partial charge in [-0.1, -0.05) is 23.7 Å². The Morgan fingerprint density at radius 2 is 1.85 bits per heavy atom. The van der Waals surface area contributed by atoms with Crippen molar-refractivity contribution >= 4 is 33.8 Å². The van der Waals surface area contributed by atoms with Crippen molar-refractivity contribution < 1.29 is 0 Å². The number of nitrogens with zero attached hydrogens (tertiary/aromatic N) is 4. The van der Waals surface area contributed by atoms with E-state index in [1.54, 1.807) is 47.7 Å². The summed E-state index contributed by atoms with van der Waals surface area (Å²) in [5, 5.41) is 3.62. The maximum Gasteiger partial charge on any atom is 0.251 e. The maximum atomic E-state index is 12.7. The van der Waals surface area contributed by atoms with Gasteiger partial charge in [0.25, 0.3) is 5.56 Å². The number of halogens is 1. The Bertz CT molecular complexity index is 1550. The van der Waals surface area contributed by atoms with Crippen LogP contribution in [-0.4, -0.2) is 19.1 Å². The molecule has 0 radical (unpaired) electrons. The molecule has 0 saturated carbocycles. The molecule has 0 aliphatic carbocycles. The van der Waals surface area contributed by atoms with Crippen LogP contribution >= 0.6 is 22.9 Å². The first-order chi connectivity index (χ1) is 15.8. The van der Waals surface area contributed by atoms with E-state index in [2.05, 4.69) is 16.4 Å². The standard InChI is InChI=1S/C25H22ClN5OS/c1-15-8-21(33-13-15)19-10-24(32)31(3)20-11-29-22(9-18(19)20)25(27,23-12-28-14-30(23)2)16-4-6-17(26)7-5-16/h4-14H,27H2,1-3H3. The number of fused-ring (bicyclic) bond motifs is 1. The zero-order chi connectivity index (χ0) is 23.3. The Hall–Kier alpha value is -3.26. The smallest absolute Gasteiger partial charge is 0.251 e. The van der Waals surface area contributed by atoms with Crippen LogP contribution in [0.3, 0.4) is 0 Å². The molecule has 5 aromatic rings. The third kappa shape index (κ3) is 3.49. The summed E-state index contributed by atoms with van der Waals surface area (Å²) in [5.41, 5.74) is 11.1. The SMILES string of the molecule is Cc1csc(-c2cc(=O)n(C)c3cnc(C(N)(c4ccc(Cl)cc4)c4cncn4C)cc23)c1. The lowest BCUT2D eigenvalue weighted by Gasteiger charge is -2.30. The summed E-state index contributed by atoms with van der Waals surface area (Å²) in [7, 11) is 3.66. The van der Waals surface area contributed by atoms with Crippen LogP contribution in [0.5, 0.6) is 0 Å². The zero-order valence-corrected chi connectivity index (χ0v) is 20.0. The topological polar surface area (TPSA) is 78.7 Å². The predicted octanol–water partition coefficient (Wildman–Crippen LogP) is 4.61. The number of hydrogen-bond acceptors (Lipinski definition) is 5. The van der Waals surface area contributed by atoms with E-state index in [0.29, 0.717) is 10.7 Å². The van der Waals surface area contributed by atoms with Crippen LogP contribution in [0.25, 0.3) is 21.3 Å². The highest BCUT2D eigenvalue weighted by molar-refractivity contribution is 7.13. The number of nitrogens with two attached hydrogens (primary N) is 1. The maximum absolute atomic E-state index is 12.7. The highest BCUT2D eigenvalue weighted by Crippen LogP contribution is 2.37. The van der Waals surface area contributed by atoms with Crippen LogP contribution in [0.2, 0.25) is 5.02 Å². The number of aryl methyl sites for hydroxylation is 3. The van der Waals surface area contributed by atoms with Gasteiger partial charge in [-0.05, 0) is 47.7 Å². The Morgan fingerprint density at radius 3 is 2.48 bits per heavy atom. The summed E-state index contributed by atoms with van der Waals surface area (Å²) in [6.07, 6.45) is 5.20. The molecule has 0 aliphatic rings. The molecule has 6 nitrogen and oxygen atoms in total. The molecule has 4 heterocycles. The highest BCUT2D eigenvalue weighted by Gasteiger charge is 2.36. The summed E-state index contributed by atoms with van der Waals surface area (Å²) in [4.78, 5) is 22.8. The Morgan fingerprint density at radius 1 is 1.09 bits per heavy atom. The van der Waals surface area contributed by atoms with E-state index < -0.39 is 5.54 Å². The molecular formula is C25H22ClN5OS. The van der Waals surface area contributed by atoms with Gasteiger partial charge in [-0.25, -0.2) is 4.98 Å². The Balaban J connectivity index is 1.83. The number of imidazole rings is 1. The number of thiophene rings is 1. The van der Waals surface area contributed by atoms with Gasteiger partial charge >= 0.3 is 0 Å². The van der Waals surface area contributed by atoms with Gasteiger partial charge in [0.2, 0.25) is 0 Å². The molecule has 33 heavy (non-hydrogen) atoms. The second kappa shape index (κ2) is 7.95. The van der Waals surface area contributed by atoms with E-state index in [-0.39, 0.29) is 5.56 Å². The molecule has 1 unspecified atom stereocenters. The number of aromatic nitrogens is 4. The molecule has 0 fully saturated rings. The number of pyridine rings is 2. The van der Waals surface area contributed by atoms with Gasteiger partial charge < -0.3 is 14.9 Å². The zero-order valence-electron chi connectivity index (χ0n) is 18.4. The minimum absolute atomic E-state index is 0.0820. The molecule has 0 bridgehead atoms. The average molecular weight is 476 g/mol. The first-order valence-electron chi connectivity index (χ1n) is 10.4. The van der Waals surface area contributed by atoms with E-state index in [1.165, 1.54) is 0 Å². The molecule has 1 aromatic carbocycles. The molecule has 0 spiro atoms. The first kappa shape index (κ1) is 21.6. The molecule has 8 heteroatoms. The first-order valence-corrected chi connectivity index (χ1v) is 11.6. The number of hydrogen-bond donors (Lipinski definition) is 1. The summed E-state index contributed by atoms with van der Waals surface area (Å²) >= 11 is 7.77. The van der Waals surface area contributed by atoms with Gasteiger partial charge in [0.15, 0.2) is 0 Å². The fourth-order valence-corrected chi connectivity index (χ4v) is 5.27. The fraction of sp³-hybridized carbons (Fsp3) is 0.160. The Kier molecular flexibility index (Phi) is 5.20. The normalized spacial score (nSPS) is 13.4. The number of benzene rings is 1. The Labute approximate surface area is 199 Å². The van der Waals surface area contributed by atoms with E-state index >= 15 is 0 Å². The number of rotatable bonds is 4. The summed E-state index contributed by atoms with van der Waals surface area (Å²) in [6, 6.07) is 13.2. The van der Waals surface area contributed by atoms with Gasteiger partial charge in [0, 0.05) is 41.0 Å². The minimum atomic E-state index is -1.08. The van der Waals surface area contributed by atoms with E-state index in [0.717, 1.165) is 38.2 Å². The third-order valence-electron chi connectivity index (χ3n) is 6.05. The molecule has 0 saturated heterocycles. The highest BCUT2D eigenvalue weighted by atomic mass is 35.5. The van der Waals surface area contributed by atoms with Crippen molar-refractivity contribution in [1.82, 2.24) is 19.1 Å². The van der Waals surface area contributed by atoms with Crippen LogP contribution in [0.15, 0.2) is 71.4 Å². The van der Waals surface area contributed by atoms with Crippen LogP contribution in [0.4, 0.5) is 0 Å². The van der Waals surface area contributed by atoms with Crippen molar-refractivity contribution in [3.63, 3.8) is 0 Å². The van der Waals surface area contributed by atoms with Crippen molar-refractivity contribution in [3.8, 4) is 10.4 Å². The van der Waals surface area contributed by atoms with Crippen LogP contribution < -0.4 is 11.3 Å². The molecule has 1 atom stereocenters.